The zero-order valence-electron chi connectivity index (χ0n) is 10.9. The van der Waals surface area contributed by atoms with Crippen LogP contribution in [0.3, 0.4) is 0 Å². The number of nitrogens with one attached hydrogen (secondary N) is 1. The third kappa shape index (κ3) is 6.42. The van der Waals surface area contributed by atoms with Crippen molar-refractivity contribution in [2.45, 2.75) is 19.4 Å². The van der Waals surface area contributed by atoms with E-state index in [2.05, 4.69) is 5.32 Å². The van der Waals surface area contributed by atoms with Gasteiger partial charge in [0.2, 0.25) is 5.91 Å². The molecule has 1 unspecified atom stereocenters. The largest absolute Gasteiger partial charge is 0.491 e. The number of aliphatic hydroxyl groups excluding tert-OH is 1. The molecule has 0 saturated heterocycles. The molecule has 5 nitrogen and oxygen atoms in total. The third-order valence-corrected chi connectivity index (χ3v) is 2.92. The molecule has 0 heterocycles. The fourth-order valence-electron chi connectivity index (χ4n) is 1.44. The Labute approximate surface area is 117 Å². The molecule has 0 aliphatic heterocycles. The van der Waals surface area contributed by atoms with Gasteiger partial charge in [0, 0.05) is 24.5 Å². The topological polar surface area (TPSA) is 84.6 Å². The van der Waals surface area contributed by atoms with Gasteiger partial charge in [0.25, 0.3) is 0 Å². The molecule has 6 heteroatoms. The highest BCUT2D eigenvalue weighted by Crippen LogP contribution is 2.20. The number of hydrogen-bond donors (Lipinski definition) is 3. The normalized spacial score (nSPS) is 12.2. The van der Waals surface area contributed by atoms with Crippen LogP contribution in [0.5, 0.6) is 5.75 Å². The van der Waals surface area contributed by atoms with E-state index in [1.807, 2.05) is 13.0 Å². The summed E-state index contributed by atoms with van der Waals surface area (Å²) >= 11 is 5.90. The minimum atomic E-state index is -0.649. The molecule has 1 atom stereocenters. The Morgan fingerprint density at radius 1 is 1.58 bits per heavy atom. The summed E-state index contributed by atoms with van der Waals surface area (Å²) in [5.41, 5.74) is 5.92. The summed E-state index contributed by atoms with van der Waals surface area (Å²) in [5, 5.41) is 13.3. The van der Waals surface area contributed by atoms with E-state index < -0.39 is 6.10 Å². The van der Waals surface area contributed by atoms with Crippen molar-refractivity contribution in [1.29, 1.82) is 0 Å². The SMILES string of the molecule is Cc1cc(OCC(O)CNCCC(N)=O)ccc1Cl. The van der Waals surface area contributed by atoms with Crippen LogP contribution in [0, 0.1) is 6.92 Å². The summed E-state index contributed by atoms with van der Waals surface area (Å²) < 4.78 is 5.44. The maximum atomic E-state index is 10.5. The van der Waals surface area contributed by atoms with E-state index in [1.54, 1.807) is 12.1 Å². The van der Waals surface area contributed by atoms with Gasteiger partial charge in [-0.1, -0.05) is 11.6 Å². The molecule has 0 spiro atoms. The zero-order chi connectivity index (χ0) is 14.3. The lowest BCUT2D eigenvalue weighted by atomic mass is 10.2. The van der Waals surface area contributed by atoms with Gasteiger partial charge in [-0.15, -0.1) is 0 Å². The van der Waals surface area contributed by atoms with Crippen molar-refractivity contribution >= 4 is 17.5 Å². The lowest BCUT2D eigenvalue weighted by molar-refractivity contribution is -0.117. The van der Waals surface area contributed by atoms with Gasteiger partial charge in [0.1, 0.15) is 18.5 Å². The number of aryl methyl sites for hydroxylation is 1. The number of hydrogen-bond acceptors (Lipinski definition) is 4. The average molecular weight is 287 g/mol. The first kappa shape index (κ1) is 15.8. The second-order valence-electron chi connectivity index (χ2n) is 4.30. The fourth-order valence-corrected chi connectivity index (χ4v) is 1.56. The van der Waals surface area contributed by atoms with Gasteiger partial charge in [0.05, 0.1) is 0 Å². The summed E-state index contributed by atoms with van der Waals surface area (Å²) in [4.78, 5) is 10.5. The number of amides is 1. The highest BCUT2D eigenvalue weighted by atomic mass is 35.5. The van der Waals surface area contributed by atoms with E-state index in [0.29, 0.717) is 23.9 Å². The molecule has 1 amide bonds. The predicted molar refractivity (Wildman–Crippen MR) is 74.4 cm³/mol. The van der Waals surface area contributed by atoms with Gasteiger partial charge in [-0.05, 0) is 30.7 Å². The standard InChI is InChI=1S/C13H19ClN2O3/c1-9-6-11(2-3-12(9)14)19-8-10(17)7-16-5-4-13(15)18/h2-3,6,10,16-17H,4-5,7-8H2,1H3,(H2,15,18). The molecule has 106 valence electrons. The van der Waals surface area contributed by atoms with Crippen LogP contribution in [-0.4, -0.2) is 36.8 Å². The molecule has 0 aliphatic carbocycles. The number of carbonyl (C=O) groups is 1. The minimum absolute atomic E-state index is 0.171. The van der Waals surface area contributed by atoms with Crippen LogP contribution in [0.2, 0.25) is 5.02 Å². The average Bonchev–Trinajstić information content (AvgIpc) is 2.36. The van der Waals surface area contributed by atoms with E-state index in [9.17, 15) is 9.90 Å². The molecule has 0 fully saturated rings. The maximum absolute atomic E-state index is 10.5. The van der Waals surface area contributed by atoms with E-state index in [0.717, 1.165) is 5.56 Å². The number of aliphatic hydroxyl groups is 1. The summed E-state index contributed by atoms with van der Waals surface area (Å²) in [5.74, 6) is 0.299. The molecule has 1 aromatic rings. The number of halogens is 1. The summed E-state index contributed by atoms with van der Waals surface area (Å²) in [7, 11) is 0. The van der Waals surface area contributed by atoms with Crippen LogP contribution in [0.1, 0.15) is 12.0 Å². The molecule has 0 aromatic heterocycles. The molecule has 0 radical (unpaired) electrons. The number of nitrogens with two attached hydrogens (primary N) is 1. The number of rotatable bonds is 8. The van der Waals surface area contributed by atoms with Gasteiger partial charge in [-0.25, -0.2) is 0 Å². The Hall–Kier alpha value is -1.30. The molecule has 1 aromatic carbocycles. The van der Waals surface area contributed by atoms with Crippen molar-refractivity contribution in [1.82, 2.24) is 5.32 Å². The smallest absolute Gasteiger partial charge is 0.218 e. The fraction of sp³-hybridized carbons (Fsp3) is 0.462. The quantitative estimate of drug-likeness (QED) is 0.619. The molecular formula is C13H19ClN2O3. The first-order valence-electron chi connectivity index (χ1n) is 6.05. The second kappa shape index (κ2) is 7.99. The minimum Gasteiger partial charge on any atom is -0.491 e. The Morgan fingerprint density at radius 2 is 2.32 bits per heavy atom. The van der Waals surface area contributed by atoms with Crippen molar-refractivity contribution in [3.8, 4) is 5.75 Å². The number of benzene rings is 1. The summed E-state index contributed by atoms with van der Waals surface area (Å²) in [6, 6.07) is 5.32. The van der Waals surface area contributed by atoms with Crippen molar-refractivity contribution in [2.75, 3.05) is 19.7 Å². The predicted octanol–water partition coefficient (Wildman–Crippen LogP) is 0.853. The Kier molecular flexibility index (Phi) is 6.62. The number of carbonyl (C=O) groups excluding carboxylic acids is 1. The van der Waals surface area contributed by atoms with Crippen LogP contribution in [0.15, 0.2) is 18.2 Å². The summed E-state index contributed by atoms with van der Waals surface area (Å²) in [6.07, 6.45) is -0.395. The first-order valence-corrected chi connectivity index (χ1v) is 6.43. The summed E-state index contributed by atoms with van der Waals surface area (Å²) in [6.45, 7) is 2.86. The van der Waals surface area contributed by atoms with Crippen LogP contribution in [0.4, 0.5) is 0 Å². The lowest BCUT2D eigenvalue weighted by Crippen LogP contribution is -2.33. The highest BCUT2D eigenvalue weighted by molar-refractivity contribution is 6.31. The molecule has 0 aliphatic rings. The molecule has 1 rings (SSSR count). The van der Waals surface area contributed by atoms with Crippen molar-refractivity contribution in [3.05, 3.63) is 28.8 Å². The van der Waals surface area contributed by atoms with Crippen LogP contribution < -0.4 is 15.8 Å². The van der Waals surface area contributed by atoms with E-state index in [1.165, 1.54) is 0 Å². The number of ether oxygens (including phenoxy) is 1. The van der Waals surface area contributed by atoms with Gasteiger partial charge < -0.3 is 20.9 Å². The Balaban J connectivity index is 2.24. The van der Waals surface area contributed by atoms with E-state index >= 15 is 0 Å². The number of primary amides is 1. The van der Waals surface area contributed by atoms with Gasteiger partial charge in [-0.2, -0.15) is 0 Å². The van der Waals surface area contributed by atoms with Gasteiger partial charge in [0.15, 0.2) is 0 Å². The Morgan fingerprint density at radius 3 is 2.95 bits per heavy atom. The molecule has 19 heavy (non-hydrogen) atoms. The lowest BCUT2D eigenvalue weighted by Gasteiger charge is -2.13. The van der Waals surface area contributed by atoms with Crippen LogP contribution in [0.25, 0.3) is 0 Å². The van der Waals surface area contributed by atoms with Gasteiger partial charge >= 0.3 is 0 Å². The van der Waals surface area contributed by atoms with E-state index in [-0.39, 0.29) is 18.9 Å². The maximum Gasteiger partial charge on any atom is 0.218 e. The van der Waals surface area contributed by atoms with E-state index in [4.69, 9.17) is 22.1 Å². The molecule has 0 saturated carbocycles. The van der Waals surface area contributed by atoms with Crippen molar-refractivity contribution in [3.63, 3.8) is 0 Å². The van der Waals surface area contributed by atoms with Gasteiger partial charge in [-0.3, -0.25) is 4.79 Å². The molecule has 0 bridgehead atoms. The second-order valence-corrected chi connectivity index (χ2v) is 4.70. The molecule has 4 N–H and O–H groups in total. The van der Waals surface area contributed by atoms with Crippen molar-refractivity contribution < 1.29 is 14.6 Å². The first-order chi connectivity index (χ1) is 8.99. The molecular weight excluding hydrogens is 268 g/mol. The zero-order valence-corrected chi connectivity index (χ0v) is 11.6. The highest BCUT2D eigenvalue weighted by Gasteiger charge is 2.06. The van der Waals surface area contributed by atoms with Crippen LogP contribution >= 0.6 is 11.6 Å². The Bertz CT molecular complexity index is 426. The van der Waals surface area contributed by atoms with Crippen LogP contribution in [-0.2, 0) is 4.79 Å². The van der Waals surface area contributed by atoms with Crippen molar-refractivity contribution in [2.24, 2.45) is 5.73 Å². The third-order valence-electron chi connectivity index (χ3n) is 2.50. The monoisotopic (exact) mass is 286 g/mol.